The molecule has 7 heteroatoms. The molecule has 0 bridgehead atoms. The summed E-state index contributed by atoms with van der Waals surface area (Å²) in [6, 6.07) is 14.5. The Kier molecular flexibility index (Phi) is 4.50. The van der Waals surface area contributed by atoms with Crippen LogP contribution in [0.15, 0.2) is 48.7 Å². The molecule has 1 N–H and O–H groups in total. The standard InChI is InChI=1S/C22H23N5O2/c28-21-20(9-10-23-21)22(29)26-11-3-6-18(26)13-17-14-27(25-24-17)19-8-7-15-4-1-2-5-16(15)12-19/h1-2,4-5,7-8,12,14,18,20H,3,6,9-11,13H2,(H,23,28). The number of hydrogen-bond donors (Lipinski definition) is 1. The van der Waals surface area contributed by atoms with Crippen molar-refractivity contribution in [3.8, 4) is 5.69 Å². The molecule has 2 saturated heterocycles. The number of amides is 2. The molecule has 5 rings (SSSR count). The van der Waals surface area contributed by atoms with E-state index in [0.717, 1.165) is 29.6 Å². The maximum atomic E-state index is 12.8. The molecule has 2 atom stereocenters. The van der Waals surface area contributed by atoms with Crippen LogP contribution in [0.4, 0.5) is 0 Å². The highest BCUT2D eigenvalue weighted by Crippen LogP contribution is 2.25. The second-order valence-corrected chi connectivity index (χ2v) is 7.85. The average molecular weight is 389 g/mol. The van der Waals surface area contributed by atoms with Gasteiger partial charge in [-0.05, 0) is 42.2 Å². The van der Waals surface area contributed by atoms with Crippen LogP contribution < -0.4 is 5.32 Å². The Bertz CT molecular complexity index is 1080. The van der Waals surface area contributed by atoms with Gasteiger partial charge in [-0.3, -0.25) is 9.59 Å². The van der Waals surface area contributed by atoms with Crippen LogP contribution in [0.5, 0.6) is 0 Å². The number of carbonyl (C=O) groups excluding carboxylic acids is 2. The van der Waals surface area contributed by atoms with E-state index in [1.54, 1.807) is 4.68 Å². The van der Waals surface area contributed by atoms with Crippen molar-refractivity contribution >= 4 is 22.6 Å². The van der Waals surface area contributed by atoms with Crippen LogP contribution in [0.3, 0.4) is 0 Å². The first-order chi connectivity index (χ1) is 14.2. The summed E-state index contributed by atoms with van der Waals surface area (Å²) in [6.45, 7) is 1.31. The number of carbonyl (C=O) groups is 2. The van der Waals surface area contributed by atoms with Crippen LogP contribution in [-0.4, -0.2) is 50.8 Å². The molecule has 7 nitrogen and oxygen atoms in total. The van der Waals surface area contributed by atoms with E-state index in [-0.39, 0.29) is 17.9 Å². The molecular formula is C22H23N5O2. The summed E-state index contributed by atoms with van der Waals surface area (Å²) in [5.41, 5.74) is 1.82. The zero-order valence-electron chi connectivity index (χ0n) is 16.1. The van der Waals surface area contributed by atoms with E-state index < -0.39 is 5.92 Å². The van der Waals surface area contributed by atoms with Crippen molar-refractivity contribution in [2.24, 2.45) is 5.92 Å². The van der Waals surface area contributed by atoms with Crippen LogP contribution >= 0.6 is 0 Å². The lowest BCUT2D eigenvalue weighted by Gasteiger charge is -2.26. The highest BCUT2D eigenvalue weighted by Gasteiger charge is 2.38. The number of aromatic nitrogens is 3. The van der Waals surface area contributed by atoms with Gasteiger partial charge in [0.1, 0.15) is 5.92 Å². The van der Waals surface area contributed by atoms with Crippen molar-refractivity contribution in [2.75, 3.05) is 13.1 Å². The molecule has 2 unspecified atom stereocenters. The van der Waals surface area contributed by atoms with Gasteiger partial charge in [-0.15, -0.1) is 5.10 Å². The van der Waals surface area contributed by atoms with E-state index >= 15 is 0 Å². The number of fused-ring (bicyclic) bond motifs is 1. The predicted octanol–water partition coefficient (Wildman–Crippen LogP) is 2.09. The zero-order valence-corrected chi connectivity index (χ0v) is 16.1. The minimum atomic E-state index is -0.524. The topological polar surface area (TPSA) is 80.1 Å². The summed E-state index contributed by atoms with van der Waals surface area (Å²) in [7, 11) is 0. The maximum Gasteiger partial charge on any atom is 0.235 e. The van der Waals surface area contributed by atoms with Gasteiger partial charge in [0.15, 0.2) is 0 Å². The first-order valence-corrected chi connectivity index (χ1v) is 10.2. The molecule has 3 aromatic rings. The highest BCUT2D eigenvalue weighted by molar-refractivity contribution is 6.01. The summed E-state index contributed by atoms with van der Waals surface area (Å²) in [5, 5.41) is 13.7. The van der Waals surface area contributed by atoms with Gasteiger partial charge >= 0.3 is 0 Å². The molecule has 0 aliphatic carbocycles. The number of hydrogen-bond acceptors (Lipinski definition) is 4. The van der Waals surface area contributed by atoms with Gasteiger partial charge in [-0.2, -0.15) is 0 Å². The van der Waals surface area contributed by atoms with Crippen molar-refractivity contribution in [2.45, 2.75) is 31.7 Å². The molecule has 0 spiro atoms. The van der Waals surface area contributed by atoms with Gasteiger partial charge in [0.05, 0.1) is 17.6 Å². The predicted molar refractivity (Wildman–Crippen MR) is 108 cm³/mol. The van der Waals surface area contributed by atoms with Crippen LogP contribution in [-0.2, 0) is 16.0 Å². The first kappa shape index (κ1) is 17.8. The zero-order chi connectivity index (χ0) is 19.8. The molecule has 0 saturated carbocycles. The van der Waals surface area contributed by atoms with E-state index in [1.165, 1.54) is 5.39 Å². The number of nitrogens with zero attached hydrogens (tertiary/aromatic N) is 4. The highest BCUT2D eigenvalue weighted by atomic mass is 16.2. The van der Waals surface area contributed by atoms with Crippen molar-refractivity contribution in [3.05, 3.63) is 54.4 Å². The van der Waals surface area contributed by atoms with Gasteiger partial charge in [-0.25, -0.2) is 4.68 Å². The molecule has 3 heterocycles. The monoisotopic (exact) mass is 389 g/mol. The smallest absolute Gasteiger partial charge is 0.235 e. The van der Waals surface area contributed by atoms with E-state index in [0.29, 0.717) is 25.9 Å². The minimum absolute atomic E-state index is 0.0376. The third kappa shape index (κ3) is 3.37. The molecule has 148 valence electrons. The van der Waals surface area contributed by atoms with E-state index in [2.05, 4.69) is 39.9 Å². The quantitative estimate of drug-likeness (QED) is 0.693. The molecule has 2 amide bonds. The van der Waals surface area contributed by atoms with Crippen molar-refractivity contribution in [3.63, 3.8) is 0 Å². The number of rotatable bonds is 4. The van der Waals surface area contributed by atoms with Crippen LogP contribution in [0.1, 0.15) is 25.0 Å². The summed E-state index contributed by atoms with van der Waals surface area (Å²) in [5.74, 6) is -0.698. The number of benzene rings is 2. The Balaban J connectivity index is 1.32. The van der Waals surface area contributed by atoms with Gasteiger partial charge in [0.25, 0.3) is 0 Å². The third-order valence-corrected chi connectivity index (χ3v) is 5.99. The Labute approximate surface area is 168 Å². The van der Waals surface area contributed by atoms with Crippen molar-refractivity contribution < 1.29 is 9.59 Å². The summed E-state index contributed by atoms with van der Waals surface area (Å²) in [4.78, 5) is 26.6. The lowest BCUT2D eigenvalue weighted by molar-refractivity contribution is -0.141. The van der Waals surface area contributed by atoms with E-state index in [4.69, 9.17) is 0 Å². The minimum Gasteiger partial charge on any atom is -0.355 e. The fourth-order valence-corrected chi connectivity index (χ4v) is 4.45. The maximum absolute atomic E-state index is 12.8. The molecule has 2 aromatic carbocycles. The lowest BCUT2D eigenvalue weighted by atomic mass is 10.0. The van der Waals surface area contributed by atoms with Gasteiger partial charge in [0.2, 0.25) is 11.8 Å². The van der Waals surface area contributed by atoms with Gasteiger partial charge in [0, 0.05) is 25.6 Å². The fraction of sp³-hybridized carbons (Fsp3) is 0.364. The number of nitrogens with one attached hydrogen (secondary N) is 1. The normalized spacial score (nSPS) is 21.7. The van der Waals surface area contributed by atoms with E-state index in [9.17, 15) is 9.59 Å². The molecule has 29 heavy (non-hydrogen) atoms. The third-order valence-electron chi connectivity index (χ3n) is 5.99. The van der Waals surface area contributed by atoms with E-state index in [1.807, 2.05) is 29.3 Å². The molecule has 2 fully saturated rings. The molecule has 2 aliphatic rings. The summed E-state index contributed by atoms with van der Waals surface area (Å²) >= 11 is 0. The second-order valence-electron chi connectivity index (χ2n) is 7.85. The van der Waals surface area contributed by atoms with Crippen molar-refractivity contribution in [1.29, 1.82) is 0 Å². The molecule has 0 radical (unpaired) electrons. The van der Waals surface area contributed by atoms with Gasteiger partial charge < -0.3 is 10.2 Å². The average Bonchev–Trinajstić information content (AvgIpc) is 3.49. The van der Waals surface area contributed by atoms with Gasteiger partial charge in [-0.1, -0.05) is 35.5 Å². The lowest BCUT2D eigenvalue weighted by Crippen LogP contribution is -2.42. The summed E-state index contributed by atoms with van der Waals surface area (Å²) < 4.78 is 1.79. The molecule has 2 aliphatic heterocycles. The van der Waals surface area contributed by atoms with Crippen LogP contribution in [0, 0.1) is 5.92 Å². The van der Waals surface area contributed by atoms with Crippen LogP contribution in [0.25, 0.3) is 16.5 Å². The van der Waals surface area contributed by atoms with Crippen LogP contribution in [0.2, 0.25) is 0 Å². The summed E-state index contributed by atoms with van der Waals surface area (Å²) in [6.07, 6.45) is 5.09. The Hall–Kier alpha value is -3.22. The fourth-order valence-electron chi connectivity index (χ4n) is 4.45. The number of likely N-dealkylation sites (tertiary alicyclic amines) is 1. The SMILES string of the molecule is O=C1NCCC1C(=O)N1CCCC1Cc1cn(-c2ccc3ccccc3c2)nn1. The Morgan fingerprint density at radius 3 is 2.83 bits per heavy atom. The largest absolute Gasteiger partial charge is 0.355 e. The molecule has 1 aromatic heterocycles. The second kappa shape index (κ2) is 7.31. The molecular weight excluding hydrogens is 366 g/mol. The Morgan fingerprint density at radius 2 is 2.00 bits per heavy atom. The van der Waals surface area contributed by atoms with Crippen molar-refractivity contribution in [1.82, 2.24) is 25.2 Å². The Morgan fingerprint density at radius 1 is 1.14 bits per heavy atom. The first-order valence-electron chi connectivity index (χ1n) is 10.2.